The maximum Gasteiger partial charge on any atom is 0.372 e. The highest BCUT2D eigenvalue weighted by Gasteiger charge is 2.10. The highest BCUT2D eigenvalue weighted by atomic mass is 16.4. The summed E-state index contributed by atoms with van der Waals surface area (Å²) in [7, 11) is 0. The van der Waals surface area contributed by atoms with E-state index in [0.29, 0.717) is 13.0 Å². The molecule has 2 N–H and O–H groups in total. The van der Waals surface area contributed by atoms with Gasteiger partial charge in [0, 0.05) is 19.5 Å². The van der Waals surface area contributed by atoms with Crippen molar-refractivity contribution in [3.8, 4) is 0 Å². The van der Waals surface area contributed by atoms with Gasteiger partial charge in [-0.1, -0.05) is 6.42 Å². The lowest BCUT2D eigenvalue weighted by molar-refractivity contribution is -0.149. The Morgan fingerprint density at radius 2 is 1.82 bits per heavy atom. The summed E-state index contributed by atoms with van der Waals surface area (Å²) < 4.78 is 0. The van der Waals surface area contributed by atoms with Crippen LogP contribution in [-0.2, 0) is 9.59 Å². The number of aliphatic carboxylic acids is 1. The molecule has 0 unspecified atom stereocenters. The van der Waals surface area contributed by atoms with E-state index in [-0.39, 0.29) is 6.42 Å². The van der Waals surface area contributed by atoms with Gasteiger partial charge in [-0.05, 0) is 38.9 Å². The van der Waals surface area contributed by atoms with Gasteiger partial charge in [0.15, 0.2) is 0 Å². The van der Waals surface area contributed by atoms with Crippen LogP contribution in [0.15, 0.2) is 0 Å². The molecule has 0 aliphatic carbocycles. The SMILES string of the molecule is O=C(O)C(=O)CCCNCCN1CCCCC1. The third-order valence-corrected chi connectivity index (χ3v) is 3.05. The third-order valence-electron chi connectivity index (χ3n) is 3.05. The monoisotopic (exact) mass is 242 g/mol. The van der Waals surface area contributed by atoms with E-state index in [4.69, 9.17) is 5.11 Å². The summed E-state index contributed by atoms with van der Waals surface area (Å²) in [4.78, 5) is 23.5. The number of carboxylic acid groups (broad SMARTS) is 1. The van der Waals surface area contributed by atoms with Crippen molar-refractivity contribution in [1.29, 1.82) is 0 Å². The van der Waals surface area contributed by atoms with Gasteiger partial charge in [-0.2, -0.15) is 0 Å². The molecule has 98 valence electrons. The number of Topliss-reactive ketones (excluding diaryl/α,β-unsaturated/α-hetero) is 1. The van der Waals surface area contributed by atoms with E-state index in [2.05, 4.69) is 10.2 Å². The minimum atomic E-state index is -1.32. The standard InChI is InChI=1S/C12H22N2O3/c15-11(12(16)17)5-4-6-13-7-10-14-8-2-1-3-9-14/h13H,1-10H2,(H,16,17). The van der Waals surface area contributed by atoms with Crippen molar-refractivity contribution in [1.82, 2.24) is 10.2 Å². The summed E-state index contributed by atoms with van der Waals surface area (Å²) in [5, 5.41) is 11.6. The van der Waals surface area contributed by atoms with Gasteiger partial charge in [0.05, 0.1) is 0 Å². The summed E-state index contributed by atoms with van der Waals surface area (Å²) in [6.07, 6.45) is 4.68. The number of nitrogens with one attached hydrogen (secondary N) is 1. The number of carbonyl (C=O) groups is 2. The van der Waals surface area contributed by atoms with E-state index < -0.39 is 11.8 Å². The molecule has 1 saturated heterocycles. The predicted octanol–water partition coefficient (Wildman–Crippen LogP) is 0.496. The molecule has 0 aromatic heterocycles. The zero-order valence-corrected chi connectivity index (χ0v) is 10.3. The average Bonchev–Trinajstić information content (AvgIpc) is 2.34. The molecule has 1 aliphatic heterocycles. The lowest BCUT2D eigenvalue weighted by atomic mass is 10.1. The van der Waals surface area contributed by atoms with Crippen LogP contribution in [0.1, 0.15) is 32.1 Å². The molecule has 0 saturated carbocycles. The number of rotatable bonds is 8. The molecule has 0 aromatic rings. The first-order valence-corrected chi connectivity index (χ1v) is 6.39. The molecule has 0 radical (unpaired) electrons. The van der Waals surface area contributed by atoms with Gasteiger partial charge in [0.2, 0.25) is 5.78 Å². The average molecular weight is 242 g/mol. The molecule has 0 spiro atoms. The number of likely N-dealkylation sites (tertiary alicyclic amines) is 1. The van der Waals surface area contributed by atoms with Crippen molar-refractivity contribution in [3.63, 3.8) is 0 Å². The molecule has 1 rings (SSSR count). The first-order chi connectivity index (χ1) is 8.20. The molecule has 0 bridgehead atoms. The second kappa shape index (κ2) is 8.20. The topological polar surface area (TPSA) is 69.6 Å². The van der Waals surface area contributed by atoms with Crippen molar-refractivity contribution >= 4 is 11.8 Å². The van der Waals surface area contributed by atoms with E-state index in [1.807, 2.05) is 0 Å². The summed E-state index contributed by atoms with van der Waals surface area (Å²) in [5.41, 5.74) is 0. The third kappa shape index (κ3) is 6.38. The van der Waals surface area contributed by atoms with Crippen LogP contribution in [0, 0.1) is 0 Å². The van der Waals surface area contributed by atoms with Crippen molar-refractivity contribution in [3.05, 3.63) is 0 Å². The van der Waals surface area contributed by atoms with Crippen LogP contribution in [0.2, 0.25) is 0 Å². The number of hydrogen-bond donors (Lipinski definition) is 2. The molecule has 0 amide bonds. The predicted molar refractivity (Wildman–Crippen MR) is 65.0 cm³/mol. The summed E-state index contributed by atoms with van der Waals surface area (Å²) in [6, 6.07) is 0. The molecular weight excluding hydrogens is 220 g/mol. The number of carbonyl (C=O) groups excluding carboxylic acids is 1. The molecule has 1 heterocycles. The molecule has 5 nitrogen and oxygen atoms in total. The number of carboxylic acids is 1. The maximum atomic E-state index is 10.8. The fraction of sp³-hybridized carbons (Fsp3) is 0.833. The highest BCUT2D eigenvalue weighted by molar-refractivity contribution is 6.32. The quantitative estimate of drug-likeness (QED) is 0.479. The van der Waals surface area contributed by atoms with Crippen LogP contribution in [0.5, 0.6) is 0 Å². The Labute approximate surface area is 102 Å². The minimum absolute atomic E-state index is 0.131. The van der Waals surface area contributed by atoms with Crippen LogP contribution >= 0.6 is 0 Å². The lowest BCUT2D eigenvalue weighted by Gasteiger charge is -2.26. The molecule has 17 heavy (non-hydrogen) atoms. The van der Waals surface area contributed by atoms with E-state index in [1.54, 1.807) is 0 Å². The number of nitrogens with zero attached hydrogens (tertiary/aromatic N) is 1. The smallest absolute Gasteiger partial charge is 0.372 e. The van der Waals surface area contributed by atoms with Crippen molar-refractivity contribution in [2.45, 2.75) is 32.1 Å². The van der Waals surface area contributed by atoms with Gasteiger partial charge >= 0.3 is 5.97 Å². The largest absolute Gasteiger partial charge is 0.476 e. The van der Waals surface area contributed by atoms with E-state index in [0.717, 1.165) is 13.1 Å². The lowest BCUT2D eigenvalue weighted by Crippen LogP contribution is -2.36. The van der Waals surface area contributed by atoms with Crippen LogP contribution in [0.3, 0.4) is 0 Å². The second-order valence-electron chi connectivity index (χ2n) is 4.48. The Hall–Kier alpha value is -0.940. The van der Waals surface area contributed by atoms with Gasteiger partial charge in [-0.15, -0.1) is 0 Å². The Balaban J connectivity index is 1.90. The molecule has 1 aliphatic rings. The van der Waals surface area contributed by atoms with Gasteiger partial charge < -0.3 is 15.3 Å². The molecule has 5 heteroatoms. The van der Waals surface area contributed by atoms with Gasteiger partial charge in [0.1, 0.15) is 0 Å². The Bertz CT molecular complexity index is 250. The molecule has 0 aromatic carbocycles. The molecule has 1 fully saturated rings. The van der Waals surface area contributed by atoms with Crippen molar-refractivity contribution in [2.75, 3.05) is 32.7 Å². The summed E-state index contributed by atoms with van der Waals surface area (Å²) in [5.74, 6) is -2.01. The van der Waals surface area contributed by atoms with Crippen LogP contribution in [0.4, 0.5) is 0 Å². The van der Waals surface area contributed by atoms with Crippen LogP contribution in [-0.4, -0.2) is 54.5 Å². The van der Waals surface area contributed by atoms with E-state index in [9.17, 15) is 9.59 Å². The van der Waals surface area contributed by atoms with E-state index in [1.165, 1.54) is 32.4 Å². The number of hydrogen-bond acceptors (Lipinski definition) is 4. The van der Waals surface area contributed by atoms with Gasteiger partial charge in [0.25, 0.3) is 0 Å². The fourth-order valence-corrected chi connectivity index (χ4v) is 2.03. The first kappa shape index (κ1) is 14.1. The molecular formula is C12H22N2O3. The summed E-state index contributed by atoms with van der Waals surface area (Å²) in [6.45, 7) is 5.07. The zero-order valence-electron chi connectivity index (χ0n) is 10.3. The summed E-state index contributed by atoms with van der Waals surface area (Å²) >= 11 is 0. The van der Waals surface area contributed by atoms with Crippen molar-refractivity contribution in [2.24, 2.45) is 0 Å². The van der Waals surface area contributed by atoms with Gasteiger partial charge in [-0.3, -0.25) is 4.79 Å². The Morgan fingerprint density at radius 3 is 2.47 bits per heavy atom. The van der Waals surface area contributed by atoms with Crippen molar-refractivity contribution < 1.29 is 14.7 Å². The zero-order chi connectivity index (χ0) is 12.5. The number of piperidine rings is 1. The minimum Gasteiger partial charge on any atom is -0.476 e. The Kier molecular flexibility index (Phi) is 6.81. The van der Waals surface area contributed by atoms with E-state index >= 15 is 0 Å². The number of ketones is 1. The Morgan fingerprint density at radius 1 is 1.12 bits per heavy atom. The highest BCUT2D eigenvalue weighted by Crippen LogP contribution is 2.07. The van der Waals surface area contributed by atoms with Gasteiger partial charge in [-0.25, -0.2) is 4.79 Å². The second-order valence-corrected chi connectivity index (χ2v) is 4.48. The van der Waals surface area contributed by atoms with Crippen LogP contribution in [0.25, 0.3) is 0 Å². The fourth-order valence-electron chi connectivity index (χ4n) is 2.03. The normalized spacial score (nSPS) is 16.9. The maximum absolute atomic E-state index is 10.8. The van der Waals surface area contributed by atoms with Crippen LogP contribution < -0.4 is 5.32 Å². The first-order valence-electron chi connectivity index (χ1n) is 6.39. The molecule has 0 atom stereocenters.